The lowest BCUT2D eigenvalue weighted by molar-refractivity contribution is 0.586. The molecule has 100 valence electrons. The number of hydrogen-bond donors (Lipinski definition) is 1. The molecule has 0 saturated heterocycles. The maximum atomic E-state index is 3.28. The Kier molecular flexibility index (Phi) is 3.93. The van der Waals surface area contributed by atoms with Crippen molar-refractivity contribution in [2.75, 3.05) is 31.3 Å². The van der Waals surface area contributed by atoms with E-state index in [0.717, 1.165) is 12.3 Å². The smallest absolute Gasteiger partial charge is 0.0505 e. The van der Waals surface area contributed by atoms with Gasteiger partial charge in [-0.05, 0) is 30.2 Å². The Hall–Kier alpha value is -0.670. The number of anilines is 1. The zero-order valence-corrected chi connectivity index (χ0v) is 12.9. The molecule has 2 nitrogen and oxygen atoms in total. The number of nitrogens with zero attached hydrogens (tertiary/aromatic N) is 1. The molecule has 0 aromatic heterocycles. The lowest BCUT2D eigenvalue weighted by Crippen LogP contribution is -2.43. The van der Waals surface area contributed by atoms with Crippen LogP contribution >= 0.6 is 11.8 Å². The van der Waals surface area contributed by atoms with Crippen LogP contribution in [0.5, 0.6) is 0 Å². The summed E-state index contributed by atoms with van der Waals surface area (Å²) in [6, 6.07) is 7.52. The first kappa shape index (κ1) is 13.8. The fraction of sp³-hybridized carbons (Fsp3) is 0.600. The van der Waals surface area contributed by atoms with E-state index in [2.05, 4.69) is 56.2 Å². The zero-order valence-electron chi connectivity index (χ0n) is 12.1. The summed E-state index contributed by atoms with van der Waals surface area (Å²) in [5.41, 5.74) is 3.03. The molecule has 3 heteroatoms. The van der Waals surface area contributed by atoms with Crippen molar-refractivity contribution >= 4 is 17.4 Å². The quantitative estimate of drug-likeness (QED) is 0.883. The van der Waals surface area contributed by atoms with Crippen LogP contribution in [0.4, 0.5) is 5.69 Å². The van der Waals surface area contributed by atoms with E-state index in [4.69, 9.17) is 0 Å². The molecule has 0 spiro atoms. The molecule has 1 heterocycles. The van der Waals surface area contributed by atoms with Gasteiger partial charge in [-0.3, -0.25) is 0 Å². The largest absolute Gasteiger partial charge is 0.369 e. The van der Waals surface area contributed by atoms with Gasteiger partial charge in [0.2, 0.25) is 0 Å². The molecule has 0 radical (unpaired) electrons. The Morgan fingerprint density at radius 3 is 2.72 bits per heavy atom. The van der Waals surface area contributed by atoms with Crippen LogP contribution in [-0.4, -0.2) is 32.4 Å². The van der Waals surface area contributed by atoms with E-state index in [0.29, 0.717) is 6.04 Å². The van der Waals surface area contributed by atoms with E-state index in [1.54, 1.807) is 0 Å². The Morgan fingerprint density at radius 2 is 2.11 bits per heavy atom. The number of thioether (sulfide) groups is 1. The van der Waals surface area contributed by atoms with Crippen molar-refractivity contribution in [2.24, 2.45) is 0 Å². The van der Waals surface area contributed by atoms with Crippen LogP contribution in [0.1, 0.15) is 26.3 Å². The minimum Gasteiger partial charge on any atom is -0.369 e. The Balaban J connectivity index is 2.29. The van der Waals surface area contributed by atoms with E-state index >= 15 is 0 Å². The van der Waals surface area contributed by atoms with Crippen molar-refractivity contribution in [1.82, 2.24) is 5.32 Å². The predicted octanol–water partition coefficient (Wildman–Crippen LogP) is 3.11. The predicted molar refractivity (Wildman–Crippen MR) is 82.0 cm³/mol. The van der Waals surface area contributed by atoms with Crippen molar-refractivity contribution in [1.29, 1.82) is 0 Å². The lowest BCUT2D eigenvalue weighted by Gasteiger charge is -2.36. The van der Waals surface area contributed by atoms with Gasteiger partial charge in [-0.2, -0.15) is 0 Å². The van der Waals surface area contributed by atoms with Crippen molar-refractivity contribution in [3.8, 4) is 0 Å². The van der Waals surface area contributed by atoms with E-state index in [-0.39, 0.29) is 5.41 Å². The summed E-state index contributed by atoms with van der Waals surface area (Å²) in [4.78, 5) is 3.84. The first-order valence-corrected chi connectivity index (χ1v) is 7.57. The molecule has 0 saturated carbocycles. The van der Waals surface area contributed by atoms with E-state index in [1.165, 1.54) is 16.1 Å². The van der Waals surface area contributed by atoms with Crippen LogP contribution in [0.3, 0.4) is 0 Å². The van der Waals surface area contributed by atoms with E-state index in [1.807, 2.05) is 18.8 Å². The number of rotatable bonds is 2. The molecule has 0 amide bonds. The Labute approximate surface area is 115 Å². The number of nitrogens with one attached hydrogen (secondary N) is 1. The molecule has 1 aromatic carbocycles. The summed E-state index contributed by atoms with van der Waals surface area (Å²) in [5.74, 6) is 1.16. The van der Waals surface area contributed by atoms with Crippen molar-refractivity contribution in [3.63, 3.8) is 0 Å². The normalized spacial score (nSPS) is 19.8. The van der Waals surface area contributed by atoms with Crippen molar-refractivity contribution < 1.29 is 0 Å². The Bertz CT molecular complexity index is 423. The molecule has 1 N–H and O–H groups in total. The summed E-state index contributed by atoms with van der Waals surface area (Å²) < 4.78 is 0. The first-order chi connectivity index (χ1) is 8.43. The summed E-state index contributed by atoms with van der Waals surface area (Å²) in [5, 5.41) is 3.28. The van der Waals surface area contributed by atoms with Gasteiger partial charge in [0.1, 0.15) is 0 Å². The molecule has 0 aliphatic carbocycles. The second-order valence-electron chi connectivity index (χ2n) is 6.07. The molecule has 0 bridgehead atoms. The minimum atomic E-state index is 0.232. The van der Waals surface area contributed by atoms with Gasteiger partial charge in [0.25, 0.3) is 0 Å². The third kappa shape index (κ3) is 2.67. The number of fused-ring (bicyclic) bond motifs is 1. The highest BCUT2D eigenvalue weighted by Crippen LogP contribution is 2.39. The van der Waals surface area contributed by atoms with Gasteiger partial charge in [0.15, 0.2) is 0 Å². The summed E-state index contributed by atoms with van der Waals surface area (Å²) in [6.45, 7) is 7.87. The minimum absolute atomic E-state index is 0.232. The average molecular weight is 264 g/mol. The average Bonchev–Trinajstić information content (AvgIpc) is 2.31. The molecule has 1 atom stereocenters. The molecule has 18 heavy (non-hydrogen) atoms. The second kappa shape index (κ2) is 5.14. The summed E-state index contributed by atoms with van der Waals surface area (Å²) in [7, 11) is 4.23. The fourth-order valence-corrected chi connectivity index (χ4v) is 3.60. The van der Waals surface area contributed by atoms with Crippen LogP contribution in [-0.2, 0) is 5.41 Å². The summed E-state index contributed by atoms with van der Waals surface area (Å²) in [6.07, 6.45) is 0. The maximum Gasteiger partial charge on any atom is 0.0505 e. The highest BCUT2D eigenvalue weighted by Gasteiger charge is 2.25. The molecular formula is C15H24N2S. The van der Waals surface area contributed by atoms with Gasteiger partial charge < -0.3 is 10.2 Å². The van der Waals surface area contributed by atoms with Crippen LogP contribution in [0.25, 0.3) is 0 Å². The van der Waals surface area contributed by atoms with Crippen LogP contribution in [0.15, 0.2) is 23.1 Å². The Morgan fingerprint density at radius 1 is 1.39 bits per heavy atom. The van der Waals surface area contributed by atoms with Crippen LogP contribution in [0.2, 0.25) is 0 Å². The van der Waals surface area contributed by atoms with Gasteiger partial charge in [0, 0.05) is 24.2 Å². The molecule has 0 fully saturated rings. The lowest BCUT2D eigenvalue weighted by atomic mass is 9.87. The number of likely N-dealkylation sites (N-methyl/N-ethyl adjacent to an activating group) is 2. The van der Waals surface area contributed by atoms with Crippen molar-refractivity contribution in [3.05, 3.63) is 23.8 Å². The highest BCUT2D eigenvalue weighted by atomic mass is 32.2. The molecule has 1 unspecified atom stereocenters. The third-order valence-electron chi connectivity index (χ3n) is 3.62. The molecular weight excluding hydrogens is 240 g/mol. The topological polar surface area (TPSA) is 15.3 Å². The SMILES string of the molecule is CNCC1CSc2cc(C(C)(C)C)ccc2N1C. The molecule has 1 aliphatic heterocycles. The maximum absolute atomic E-state index is 3.28. The third-order valence-corrected chi connectivity index (χ3v) is 4.81. The van der Waals surface area contributed by atoms with Gasteiger partial charge in [-0.15, -0.1) is 11.8 Å². The highest BCUT2D eigenvalue weighted by molar-refractivity contribution is 7.99. The fourth-order valence-electron chi connectivity index (χ4n) is 2.31. The molecule has 1 aliphatic rings. The van der Waals surface area contributed by atoms with Gasteiger partial charge in [0.05, 0.1) is 11.7 Å². The van der Waals surface area contributed by atoms with Gasteiger partial charge >= 0.3 is 0 Å². The van der Waals surface area contributed by atoms with E-state index < -0.39 is 0 Å². The van der Waals surface area contributed by atoms with E-state index in [9.17, 15) is 0 Å². The standard InChI is InChI=1S/C15H24N2S/c1-15(2,3)11-6-7-13-14(8-11)18-10-12(9-16-4)17(13)5/h6-8,12,16H,9-10H2,1-5H3. The van der Waals surface area contributed by atoms with Crippen LogP contribution in [0, 0.1) is 0 Å². The van der Waals surface area contributed by atoms with Gasteiger partial charge in [-0.25, -0.2) is 0 Å². The zero-order chi connectivity index (χ0) is 13.3. The number of benzene rings is 1. The van der Waals surface area contributed by atoms with Crippen molar-refractivity contribution in [2.45, 2.75) is 37.1 Å². The molecule has 2 rings (SSSR count). The monoisotopic (exact) mass is 264 g/mol. The second-order valence-corrected chi connectivity index (χ2v) is 7.13. The van der Waals surface area contributed by atoms with Gasteiger partial charge in [-0.1, -0.05) is 26.8 Å². The number of hydrogen-bond acceptors (Lipinski definition) is 3. The first-order valence-electron chi connectivity index (χ1n) is 6.58. The molecule has 1 aromatic rings. The summed E-state index contributed by atoms with van der Waals surface area (Å²) >= 11 is 1.99. The van der Waals surface area contributed by atoms with Crippen LogP contribution < -0.4 is 10.2 Å².